The van der Waals surface area contributed by atoms with Gasteiger partial charge in [-0.3, -0.25) is 0 Å². The van der Waals surface area contributed by atoms with E-state index in [1.807, 2.05) is 18.2 Å². The third-order valence-corrected chi connectivity index (χ3v) is 3.21. The van der Waals surface area contributed by atoms with Crippen LogP contribution < -0.4 is 16.0 Å². The first-order valence-corrected chi connectivity index (χ1v) is 7.38. The molecule has 0 saturated carbocycles. The van der Waals surface area contributed by atoms with Crippen LogP contribution >= 0.6 is 15.9 Å². The van der Waals surface area contributed by atoms with Gasteiger partial charge >= 0.3 is 6.03 Å². The van der Waals surface area contributed by atoms with Crippen LogP contribution in [0.4, 0.5) is 16.3 Å². The lowest BCUT2D eigenvalue weighted by atomic mass is 10.3. The van der Waals surface area contributed by atoms with Crippen molar-refractivity contribution in [2.24, 2.45) is 0 Å². The largest absolute Gasteiger partial charge is 0.367 e. The number of amides is 2. The van der Waals surface area contributed by atoms with Crippen LogP contribution in [0.1, 0.15) is 5.56 Å². The maximum absolute atomic E-state index is 11.7. The standard InChI is InChI=1S/C15H14BrN5O/c16-12-4-1-5-13(9-12)21-15(22)20-8-7-19-14-11(10-17)3-2-6-18-14/h1-6,9H,7-8H2,(H,18,19)(H2,20,21,22). The zero-order valence-corrected chi connectivity index (χ0v) is 13.2. The van der Waals surface area contributed by atoms with Crippen LogP contribution in [0.15, 0.2) is 47.1 Å². The van der Waals surface area contributed by atoms with Gasteiger partial charge in [0.25, 0.3) is 0 Å². The Kier molecular flexibility index (Phi) is 5.74. The lowest BCUT2D eigenvalue weighted by molar-refractivity contribution is 0.252. The van der Waals surface area contributed by atoms with Crippen LogP contribution in [-0.2, 0) is 0 Å². The van der Waals surface area contributed by atoms with Crippen LogP contribution in [0.5, 0.6) is 0 Å². The Morgan fingerprint density at radius 1 is 1.27 bits per heavy atom. The highest BCUT2D eigenvalue weighted by atomic mass is 79.9. The minimum absolute atomic E-state index is 0.290. The van der Waals surface area contributed by atoms with Crippen molar-refractivity contribution in [3.63, 3.8) is 0 Å². The molecule has 3 N–H and O–H groups in total. The molecule has 0 aliphatic heterocycles. The fourth-order valence-electron chi connectivity index (χ4n) is 1.73. The van der Waals surface area contributed by atoms with Crippen LogP contribution in [-0.4, -0.2) is 24.1 Å². The summed E-state index contributed by atoms with van der Waals surface area (Å²) in [6.07, 6.45) is 1.61. The molecule has 0 aliphatic carbocycles. The molecule has 0 saturated heterocycles. The summed E-state index contributed by atoms with van der Waals surface area (Å²) < 4.78 is 0.895. The zero-order chi connectivity index (χ0) is 15.8. The van der Waals surface area contributed by atoms with Gasteiger partial charge in [0.2, 0.25) is 0 Å². The van der Waals surface area contributed by atoms with Crippen molar-refractivity contribution >= 4 is 33.5 Å². The quantitative estimate of drug-likeness (QED) is 0.715. The number of hydrogen-bond donors (Lipinski definition) is 3. The molecule has 0 atom stereocenters. The Hall–Kier alpha value is -2.59. The number of nitrogens with one attached hydrogen (secondary N) is 3. The molecule has 0 aliphatic rings. The topological polar surface area (TPSA) is 89.8 Å². The van der Waals surface area contributed by atoms with Crippen molar-refractivity contribution in [3.8, 4) is 6.07 Å². The number of rotatable bonds is 5. The van der Waals surface area contributed by atoms with Crippen LogP contribution in [0, 0.1) is 11.3 Å². The number of benzene rings is 1. The lowest BCUT2D eigenvalue weighted by Gasteiger charge is -2.09. The Bertz CT molecular complexity index is 698. The molecule has 112 valence electrons. The average Bonchev–Trinajstić information content (AvgIpc) is 2.52. The monoisotopic (exact) mass is 359 g/mol. The molecule has 22 heavy (non-hydrogen) atoms. The van der Waals surface area contributed by atoms with E-state index in [0.717, 1.165) is 4.47 Å². The average molecular weight is 360 g/mol. The van der Waals surface area contributed by atoms with Gasteiger partial charge < -0.3 is 16.0 Å². The minimum atomic E-state index is -0.290. The van der Waals surface area contributed by atoms with E-state index >= 15 is 0 Å². The minimum Gasteiger partial charge on any atom is -0.367 e. The summed E-state index contributed by atoms with van der Waals surface area (Å²) in [5.74, 6) is 0.513. The number of aromatic nitrogens is 1. The summed E-state index contributed by atoms with van der Waals surface area (Å²) in [6.45, 7) is 0.874. The third-order valence-electron chi connectivity index (χ3n) is 2.71. The summed E-state index contributed by atoms with van der Waals surface area (Å²) in [4.78, 5) is 15.8. The van der Waals surface area contributed by atoms with E-state index < -0.39 is 0 Å². The second kappa shape index (κ2) is 8.00. The van der Waals surface area contributed by atoms with Gasteiger partial charge in [-0.1, -0.05) is 22.0 Å². The Labute approximate surface area is 136 Å². The van der Waals surface area contributed by atoms with Gasteiger partial charge in [0, 0.05) is 29.4 Å². The van der Waals surface area contributed by atoms with Gasteiger partial charge in [0.05, 0.1) is 5.56 Å². The van der Waals surface area contributed by atoms with Gasteiger partial charge in [-0.25, -0.2) is 9.78 Å². The lowest BCUT2D eigenvalue weighted by Crippen LogP contribution is -2.32. The predicted octanol–water partition coefficient (Wildman–Crippen LogP) is 2.95. The van der Waals surface area contributed by atoms with Gasteiger partial charge in [-0.2, -0.15) is 5.26 Å². The molecule has 2 aromatic rings. The van der Waals surface area contributed by atoms with Gasteiger partial charge in [-0.15, -0.1) is 0 Å². The molecule has 1 aromatic carbocycles. The van der Waals surface area contributed by atoms with Crippen molar-refractivity contribution < 1.29 is 4.79 Å². The number of nitriles is 1. The highest BCUT2D eigenvalue weighted by Crippen LogP contribution is 2.15. The fraction of sp³-hybridized carbons (Fsp3) is 0.133. The third kappa shape index (κ3) is 4.75. The number of pyridine rings is 1. The molecular weight excluding hydrogens is 346 g/mol. The maximum Gasteiger partial charge on any atom is 0.319 e. The second-order valence-corrected chi connectivity index (χ2v) is 5.25. The Balaban J connectivity index is 1.75. The van der Waals surface area contributed by atoms with Crippen molar-refractivity contribution in [2.45, 2.75) is 0 Å². The van der Waals surface area contributed by atoms with Crippen LogP contribution in [0.25, 0.3) is 0 Å². The number of hydrogen-bond acceptors (Lipinski definition) is 4. The van der Waals surface area contributed by atoms with E-state index in [-0.39, 0.29) is 6.03 Å². The molecule has 1 heterocycles. The van der Waals surface area contributed by atoms with Crippen LogP contribution in [0.2, 0.25) is 0 Å². The van der Waals surface area contributed by atoms with Gasteiger partial charge in [0.15, 0.2) is 0 Å². The first-order valence-electron chi connectivity index (χ1n) is 6.58. The van der Waals surface area contributed by atoms with Crippen molar-refractivity contribution in [3.05, 3.63) is 52.6 Å². The molecule has 0 unspecified atom stereocenters. The molecule has 1 aromatic heterocycles. The smallest absolute Gasteiger partial charge is 0.319 e. The molecule has 2 rings (SSSR count). The summed E-state index contributed by atoms with van der Waals surface area (Å²) in [5.41, 5.74) is 1.18. The van der Waals surface area contributed by atoms with Gasteiger partial charge in [0.1, 0.15) is 11.9 Å². The Morgan fingerprint density at radius 3 is 2.91 bits per heavy atom. The molecule has 2 amide bonds. The SMILES string of the molecule is N#Cc1cccnc1NCCNC(=O)Nc1cccc(Br)c1. The van der Waals surface area contributed by atoms with Crippen molar-refractivity contribution in [1.29, 1.82) is 5.26 Å². The number of anilines is 2. The van der Waals surface area contributed by atoms with E-state index in [1.54, 1.807) is 24.4 Å². The molecule has 0 radical (unpaired) electrons. The molecule has 0 bridgehead atoms. The van der Waals surface area contributed by atoms with E-state index in [4.69, 9.17) is 5.26 Å². The zero-order valence-electron chi connectivity index (χ0n) is 11.6. The first kappa shape index (κ1) is 15.8. The predicted molar refractivity (Wildman–Crippen MR) is 88.6 cm³/mol. The summed E-state index contributed by atoms with van der Waals surface area (Å²) in [7, 11) is 0. The molecule has 7 heteroatoms. The van der Waals surface area contributed by atoms with Gasteiger partial charge in [-0.05, 0) is 30.3 Å². The molecule has 0 spiro atoms. The summed E-state index contributed by atoms with van der Waals surface area (Å²) in [5, 5.41) is 17.4. The van der Waals surface area contributed by atoms with E-state index in [2.05, 4.69) is 42.9 Å². The number of urea groups is 1. The highest BCUT2D eigenvalue weighted by Gasteiger charge is 2.03. The maximum atomic E-state index is 11.7. The fourth-order valence-corrected chi connectivity index (χ4v) is 2.13. The first-order chi connectivity index (χ1) is 10.7. The molecule has 0 fully saturated rings. The highest BCUT2D eigenvalue weighted by molar-refractivity contribution is 9.10. The number of carbonyl (C=O) groups excluding carboxylic acids is 1. The van der Waals surface area contributed by atoms with E-state index in [1.165, 1.54) is 0 Å². The second-order valence-electron chi connectivity index (χ2n) is 4.33. The normalized spacial score (nSPS) is 9.64. The Morgan fingerprint density at radius 2 is 2.14 bits per heavy atom. The van der Waals surface area contributed by atoms with Crippen LogP contribution in [0.3, 0.4) is 0 Å². The molecule has 6 nitrogen and oxygen atoms in total. The number of carbonyl (C=O) groups is 1. The summed E-state index contributed by atoms with van der Waals surface area (Å²) >= 11 is 3.34. The van der Waals surface area contributed by atoms with Crippen molar-refractivity contribution in [1.82, 2.24) is 10.3 Å². The summed E-state index contributed by atoms with van der Waals surface area (Å²) in [6, 6.07) is 12.5. The number of nitrogens with zero attached hydrogens (tertiary/aromatic N) is 2. The van der Waals surface area contributed by atoms with E-state index in [9.17, 15) is 4.79 Å². The number of halogens is 1. The van der Waals surface area contributed by atoms with E-state index in [0.29, 0.717) is 30.2 Å². The molecular formula is C15H14BrN5O. The van der Waals surface area contributed by atoms with Crippen molar-refractivity contribution in [2.75, 3.05) is 23.7 Å².